The molecule has 28 heteroatoms. The SMILES string of the molecule is C#CC#CC#CC#CC#CC#CC#CC.CCCP1(=O)OP(=O)(CCC)OP(=O)(CCC)O1.CCN(C(C)C)C(C)C.C[C@@H]1C[C@H](Nc2c(N)cnc3ccc(Cl)cc23)CCO1.Cc1cn(CC(=O)O)nn1.Cc1cn(Cc2nc3cnc4ccc(Cl)cc4c3n2[C@@H]2CCO[C@H](C)C2)nn1. The average molecular weight is 1460 g/mol. The van der Waals surface area contributed by atoms with E-state index in [0.29, 0.717) is 65.7 Å². The van der Waals surface area contributed by atoms with Gasteiger partial charge in [0.2, 0.25) is 0 Å². The summed E-state index contributed by atoms with van der Waals surface area (Å²) in [6, 6.07) is 13.5. The highest BCUT2D eigenvalue weighted by Crippen LogP contribution is 2.82. The average Bonchev–Trinajstić information content (AvgIpc) is 1.22. The van der Waals surface area contributed by atoms with Gasteiger partial charge < -0.3 is 30.2 Å². The van der Waals surface area contributed by atoms with Crippen LogP contribution in [0.15, 0.2) is 61.2 Å². The third-order valence-corrected chi connectivity index (χ3v) is 24.2. The van der Waals surface area contributed by atoms with Crippen LogP contribution in [0.3, 0.4) is 0 Å². The Kier molecular flexibility index (Phi) is 34.5. The molecule has 0 saturated carbocycles. The van der Waals surface area contributed by atoms with Crippen LogP contribution in [-0.4, -0.2) is 134 Å². The van der Waals surface area contributed by atoms with Gasteiger partial charge in [0.1, 0.15) is 24.4 Å². The summed E-state index contributed by atoms with van der Waals surface area (Å²) < 4.78 is 69.1. The lowest BCUT2D eigenvalue weighted by atomic mass is 10.0. The summed E-state index contributed by atoms with van der Waals surface area (Å²) in [6.45, 7) is 29.3. The minimum Gasteiger partial charge on any atom is -0.480 e. The summed E-state index contributed by atoms with van der Waals surface area (Å²) in [5.74, 6) is 32.0. The van der Waals surface area contributed by atoms with Crippen LogP contribution in [0.5, 0.6) is 0 Å². The van der Waals surface area contributed by atoms with Gasteiger partial charge in [-0.3, -0.25) is 33.4 Å². The molecule has 0 bridgehead atoms. The number of fused-ring (bicyclic) bond motifs is 4. The minimum absolute atomic E-state index is 0.109. The monoisotopic (exact) mass is 1460 g/mol. The number of carboxylic acid groups (broad SMARTS) is 1. The van der Waals surface area contributed by atoms with Crippen LogP contribution >= 0.6 is 46.0 Å². The fourth-order valence-electron chi connectivity index (χ4n) is 10.8. The van der Waals surface area contributed by atoms with Crippen molar-refractivity contribution in [1.29, 1.82) is 0 Å². The van der Waals surface area contributed by atoms with E-state index in [4.69, 9.17) is 67.9 Å². The number of terminal acetylenes is 1. The zero-order valence-electron chi connectivity index (χ0n) is 59.1. The molecule has 2 aromatic carbocycles. The van der Waals surface area contributed by atoms with Crippen LogP contribution in [-0.2, 0) is 54.0 Å². The maximum absolute atomic E-state index is 12.3. The van der Waals surface area contributed by atoms with Gasteiger partial charge in [-0.05, 0) is 221 Å². The second-order valence-electron chi connectivity index (χ2n) is 23.8. The van der Waals surface area contributed by atoms with Crippen molar-refractivity contribution in [3.05, 3.63) is 88.4 Å². The van der Waals surface area contributed by atoms with Crippen molar-refractivity contribution in [1.82, 2.24) is 54.4 Å². The Morgan fingerprint density at radius 1 is 0.700 bits per heavy atom. The normalized spacial score (nSPS) is 20.2. The molecule has 3 aliphatic rings. The molecule has 3 aliphatic heterocycles. The van der Waals surface area contributed by atoms with E-state index in [-0.39, 0.29) is 37.2 Å². The summed E-state index contributed by atoms with van der Waals surface area (Å²) in [6.07, 6.45) is 18.2. The molecule has 3 fully saturated rings. The molecule has 0 spiro atoms. The number of ether oxygens (including phenoxy) is 2. The molecule has 7 aromatic rings. The number of nitrogens with one attached hydrogen (secondary N) is 1. The molecule has 4 N–H and O–H groups in total. The van der Waals surface area contributed by atoms with Crippen molar-refractivity contribution < 1.29 is 46.0 Å². The number of hydrogen-bond donors (Lipinski definition) is 3. The fraction of sp³-hybridized carbons (Fsp3) is 0.472. The lowest BCUT2D eigenvalue weighted by Gasteiger charge is -2.33. The van der Waals surface area contributed by atoms with Crippen LogP contribution in [0.25, 0.3) is 32.8 Å². The molecule has 10 rings (SSSR count). The first-order chi connectivity index (χ1) is 47.7. The topological polar surface area (TPSA) is 281 Å². The van der Waals surface area contributed by atoms with Gasteiger partial charge in [0.25, 0.3) is 0 Å². The number of nitrogens with zero attached hydrogens (tertiary/aromatic N) is 11. The molecule has 0 unspecified atom stereocenters. The van der Waals surface area contributed by atoms with Crippen LogP contribution in [0.1, 0.15) is 144 Å². The predicted octanol–water partition coefficient (Wildman–Crippen LogP) is 14.7. The number of nitrogen functional groups attached to an aromatic ring is 1. The van der Waals surface area contributed by atoms with Crippen molar-refractivity contribution >= 4 is 96.2 Å². The van der Waals surface area contributed by atoms with Gasteiger partial charge in [-0.2, -0.15) is 0 Å². The maximum atomic E-state index is 12.3. The van der Waals surface area contributed by atoms with Crippen molar-refractivity contribution in [3.8, 4) is 83.4 Å². The number of nitrogens with two attached hydrogens (primary N) is 1. The number of halogens is 2. The zero-order valence-corrected chi connectivity index (χ0v) is 63.3. The van der Waals surface area contributed by atoms with E-state index in [1.54, 1.807) is 47.0 Å². The van der Waals surface area contributed by atoms with E-state index in [0.717, 1.165) is 101 Å². The standard InChI is InChI=1S/C20H21ClN6O.C15H18ClN3O.C15H4.C9H21O6P3.C8H19N.C5H7N3O2/c1-12-10-26(25-24-12)11-19-23-18-9-22-17-4-3-14(21)8-16(17)20(18)27(19)15-5-6-28-13(2)7-15;1-9-6-11(4-5-20-9)19-15-12-7-10(16)2-3-14(12)18-8-13(15)17;1-3-5-7-9-11-13-15-14-12-10-8-6-4-2;1-4-7-16(10)13-17(11,8-5-2)15-18(12,14-16)9-6-3;1-6-9(7(2)3)8(4)5;1-4-2-8(7-6-4)3-5(9)10/h3-4,8-10,13,15H,5-7,11H2,1-2H3;2-3,7-9,11H,4-6,17H2,1H3,(H,18,19);1H,2H3;4-9H2,1-3H3;7-8H,6H2,1-5H3;2H,3H2,1H3,(H,9,10)/t13-,15-;9-,11-;;;;/m11..../s1. The summed E-state index contributed by atoms with van der Waals surface area (Å²) >= 11 is 12.4. The molecule has 3 saturated heterocycles. The van der Waals surface area contributed by atoms with E-state index < -0.39 is 28.8 Å². The molecule has 4 atom stereocenters. The van der Waals surface area contributed by atoms with Gasteiger partial charge in [-0.1, -0.05) is 67.2 Å². The van der Waals surface area contributed by atoms with Gasteiger partial charge >= 0.3 is 28.8 Å². The Morgan fingerprint density at radius 2 is 1.18 bits per heavy atom. The fourth-order valence-corrected chi connectivity index (χ4v) is 20.5. The third kappa shape index (κ3) is 27.2. The van der Waals surface area contributed by atoms with Gasteiger partial charge in [0, 0.05) is 70.6 Å². The van der Waals surface area contributed by atoms with Crippen molar-refractivity contribution in [2.24, 2.45) is 0 Å². The molecular formula is C72H90Cl2N13O10P3. The number of hydrogen-bond acceptors (Lipinski definition) is 19. The van der Waals surface area contributed by atoms with Crippen LogP contribution in [0.4, 0.5) is 11.4 Å². The second-order valence-corrected chi connectivity index (χ2v) is 31.6. The van der Waals surface area contributed by atoms with E-state index in [9.17, 15) is 18.5 Å². The number of aromatic nitrogens is 10. The van der Waals surface area contributed by atoms with Gasteiger partial charge in [-0.25, -0.2) is 27.3 Å². The van der Waals surface area contributed by atoms with Crippen molar-refractivity contribution in [3.63, 3.8) is 0 Å². The number of anilines is 2. The number of benzene rings is 2. The maximum Gasteiger partial charge on any atom is 0.345 e. The first-order valence-electron chi connectivity index (χ1n) is 33.0. The first kappa shape index (κ1) is 82.7. The number of carbonyl (C=O) groups is 1. The predicted molar refractivity (Wildman–Crippen MR) is 399 cm³/mol. The number of aliphatic carboxylic acids is 1. The molecule has 8 heterocycles. The minimum atomic E-state index is -3.57. The molecule has 532 valence electrons. The first-order valence-corrected chi connectivity index (χ1v) is 38.9. The summed E-state index contributed by atoms with van der Waals surface area (Å²) in [7, 11) is -10.7. The lowest BCUT2D eigenvalue weighted by Crippen LogP contribution is -2.36. The highest BCUT2D eigenvalue weighted by atomic mass is 35.5. The molecule has 23 nitrogen and oxygen atoms in total. The molecular weight excluding hydrogens is 1370 g/mol. The molecule has 0 amide bonds. The van der Waals surface area contributed by atoms with E-state index in [1.807, 2.05) is 60.4 Å². The molecule has 0 radical (unpaired) electrons. The Bertz CT molecular complexity index is 4410. The van der Waals surface area contributed by atoms with Crippen LogP contribution in [0.2, 0.25) is 10.0 Å². The van der Waals surface area contributed by atoms with Crippen molar-refractivity contribution in [2.45, 2.75) is 184 Å². The molecule has 100 heavy (non-hydrogen) atoms. The molecule has 0 aliphatic carbocycles. The lowest BCUT2D eigenvalue weighted by molar-refractivity contribution is -0.137. The van der Waals surface area contributed by atoms with E-state index in [1.165, 1.54) is 4.68 Å². The number of carboxylic acids is 1. The van der Waals surface area contributed by atoms with Gasteiger partial charge in [0.15, 0.2) is 0 Å². The van der Waals surface area contributed by atoms with Crippen LogP contribution in [0, 0.1) is 97.2 Å². The van der Waals surface area contributed by atoms with Gasteiger partial charge in [-0.15, -0.1) is 16.6 Å². The second kappa shape index (κ2) is 41.7. The Balaban J connectivity index is 0.000000226. The summed E-state index contributed by atoms with van der Waals surface area (Å²) in [5, 5.41) is 30.7. The summed E-state index contributed by atoms with van der Waals surface area (Å²) in [5.41, 5.74) is 13.1. The molecule has 5 aromatic heterocycles. The van der Waals surface area contributed by atoms with Crippen molar-refractivity contribution in [2.75, 3.05) is 49.3 Å². The van der Waals surface area contributed by atoms with Crippen LogP contribution < -0.4 is 11.1 Å². The zero-order chi connectivity index (χ0) is 73.4. The smallest absolute Gasteiger partial charge is 0.345 e. The van der Waals surface area contributed by atoms with E-state index in [2.05, 4.69) is 171 Å². The quantitative estimate of drug-likeness (QED) is 0.0598. The number of imidazole rings is 1. The summed E-state index contributed by atoms with van der Waals surface area (Å²) in [4.78, 5) is 26.4. The van der Waals surface area contributed by atoms with E-state index >= 15 is 0 Å². The van der Waals surface area contributed by atoms with Gasteiger partial charge in [0.05, 0.1) is 82.4 Å². The Hall–Kier alpha value is -7.97. The number of aryl methyl sites for hydroxylation is 2. The highest BCUT2D eigenvalue weighted by Gasteiger charge is 2.51. The Labute approximate surface area is 598 Å². The third-order valence-electron chi connectivity index (χ3n) is 14.7. The largest absolute Gasteiger partial charge is 0.480 e. The highest BCUT2D eigenvalue weighted by molar-refractivity contribution is 7.80. The Morgan fingerprint density at radius 3 is 1.63 bits per heavy atom. The number of rotatable bonds is 16. The number of pyridine rings is 2.